The summed E-state index contributed by atoms with van der Waals surface area (Å²) >= 11 is 0. The van der Waals surface area contributed by atoms with Gasteiger partial charge in [0.05, 0.1) is 0 Å². The lowest BCUT2D eigenvalue weighted by Gasteiger charge is -1.94. The Kier molecular flexibility index (Phi) is 2.44. The van der Waals surface area contributed by atoms with Crippen molar-refractivity contribution in [3.8, 4) is 0 Å². The molecule has 0 radical (unpaired) electrons. The summed E-state index contributed by atoms with van der Waals surface area (Å²) in [7, 11) is 1.25. The van der Waals surface area contributed by atoms with Crippen molar-refractivity contribution in [1.82, 2.24) is 4.98 Å². The number of nitrogens with zero attached hydrogens (tertiary/aromatic N) is 1. The van der Waals surface area contributed by atoms with Crippen LogP contribution in [0.4, 0.5) is 0 Å². The number of oxazole rings is 1. The number of hydrogen-bond donors (Lipinski definition) is 0. The summed E-state index contributed by atoms with van der Waals surface area (Å²) in [5.41, 5.74) is 1.90. The lowest BCUT2D eigenvalue weighted by molar-refractivity contribution is 0.462. The molecule has 0 saturated carbocycles. The highest BCUT2D eigenvalue weighted by Crippen LogP contribution is 2.24. The molecular formula is C9H8ClNO3S. The first-order chi connectivity index (χ1) is 7.02. The average molecular weight is 246 g/mol. The molecule has 1 aromatic carbocycles. The fraction of sp³-hybridized carbons (Fsp3) is 0.222. The molecule has 0 aliphatic carbocycles. The van der Waals surface area contributed by atoms with E-state index >= 15 is 0 Å². The summed E-state index contributed by atoms with van der Waals surface area (Å²) in [4.78, 5) is 3.81. The Hall–Kier alpha value is -1.07. The first-order valence-corrected chi connectivity index (χ1v) is 6.66. The van der Waals surface area contributed by atoms with Gasteiger partial charge in [-0.15, -0.1) is 0 Å². The van der Waals surface area contributed by atoms with Gasteiger partial charge in [-0.05, 0) is 18.1 Å². The molecule has 0 unspecified atom stereocenters. The summed E-state index contributed by atoms with van der Waals surface area (Å²) < 4.78 is 27.1. The first-order valence-electron chi connectivity index (χ1n) is 4.35. The van der Waals surface area contributed by atoms with Crippen LogP contribution in [0.1, 0.15) is 12.5 Å². The van der Waals surface area contributed by atoms with Crippen LogP contribution in [0, 0.1) is 0 Å². The quantitative estimate of drug-likeness (QED) is 0.762. The normalized spacial score (nSPS) is 12.1. The van der Waals surface area contributed by atoms with Gasteiger partial charge in [-0.25, -0.2) is 8.42 Å². The van der Waals surface area contributed by atoms with Gasteiger partial charge < -0.3 is 4.42 Å². The van der Waals surface area contributed by atoms with E-state index in [4.69, 9.17) is 15.1 Å². The fourth-order valence-corrected chi connectivity index (χ4v) is 1.96. The van der Waals surface area contributed by atoms with Crippen LogP contribution in [0.25, 0.3) is 11.1 Å². The third-order valence-electron chi connectivity index (χ3n) is 2.07. The van der Waals surface area contributed by atoms with Crippen molar-refractivity contribution in [1.29, 1.82) is 0 Å². The van der Waals surface area contributed by atoms with Gasteiger partial charge in [0.25, 0.3) is 0 Å². The lowest BCUT2D eigenvalue weighted by atomic mass is 10.1. The van der Waals surface area contributed by atoms with E-state index in [2.05, 4.69) is 4.98 Å². The van der Waals surface area contributed by atoms with Gasteiger partial charge in [0.15, 0.2) is 5.58 Å². The number of halogens is 1. The zero-order valence-electron chi connectivity index (χ0n) is 7.90. The monoisotopic (exact) mass is 245 g/mol. The first kappa shape index (κ1) is 10.4. The second kappa shape index (κ2) is 3.50. The third-order valence-corrected chi connectivity index (χ3v) is 3.05. The smallest absolute Gasteiger partial charge is 0.332 e. The summed E-state index contributed by atoms with van der Waals surface area (Å²) in [6.07, 6.45) is 0.744. The highest BCUT2D eigenvalue weighted by molar-refractivity contribution is 8.13. The van der Waals surface area contributed by atoms with Crippen LogP contribution >= 0.6 is 10.7 Å². The van der Waals surface area contributed by atoms with Gasteiger partial charge >= 0.3 is 14.3 Å². The number of para-hydroxylation sites is 1. The molecule has 0 aliphatic rings. The molecule has 0 bridgehead atoms. The summed E-state index contributed by atoms with van der Waals surface area (Å²) in [5.74, 6) is 0. The van der Waals surface area contributed by atoms with Crippen LogP contribution in [-0.2, 0) is 15.5 Å². The molecule has 0 atom stereocenters. The van der Waals surface area contributed by atoms with E-state index in [1.165, 1.54) is 0 Å². The van der Waals surface area contributed by atoms with Gasteiger partial charge in [0, 0.05) is 10.7 Å². The highest BCUT2D eigenvalue weighted by Gasteiger charge is 2.19. The predicted molar refractivity (Wildman–Crippen MR) is 56.4 cm³/mol. The van der Waals surface area contributed by atoms with Crippen LogP contribution in [0.3, 0.4) is 0 Å². The Morgan fingerprint density at radius 3 is 2.80 bits per heavy atom. The molecule has 0 aliphatic heterocycles. The molecule has 15 heavy (non-hydrogen) atoms. The summed E-state index contributed by atoms with van der Waals surface area (Å²) in [6.45, 7) is 1.95. The molecule has 2 rings (SSSR count). The molecule has 0 fully saturated rings. The summed E-state index contributed by atoms with van der Waals surface area (Å²) in [6, 6.07) is 5.34. The fourth-order valence-electron chi connectivity index (χ4n) is 1.37. The van der Waals surface area contributed by atoms with E-state index in [0.29, 0.717) is 11.1 Å². The SMILES string of the molecule is CCc1cccc2nc(S(=O)(=O)Cl)oc12. The standard InChI is InChI=1S/C9H8ClNO3S/c1-2-6-4-3-5-7-8(6)14-9(11-7)15(10,12)13/h3-5H,2H2,1H3. The van der Waals surface area contributed by atoms with Crippen molar-refractivity contribution >= 4 is 30.8 Å². The van der Waals surface area contributed by atoms with E-state index in [1.54, 1.807) is 12.1 Å². The molecule has 6 heteroatoms. The van der Waals surface area contributed by atoms with Crippen LogP contribution < -0.4 is 0 Å². The lowest BCUT2D eigenvalue weighted by Crippen LogP contribution is -1.88. The van der Waals surface area contributed by atoms with E-state index < -0.39 is 14.3 Å². The highest BCUT2D eigenvalue weighted by atomic mass is 35.7. The number of aromatic nitrogens is 1. The molecule has 0 amide bonds. The Morgan fingerprint density at radius 2 is 2.20 bits per heavy atom. The van der Waals surface area contributed by atoms with Crippen molar-refractivity contribution in [2.45, 2.75) is 18.6 Å². The Bertz CT molecular complexity index is 603. The largest absolute Gasteiger partial charge is 0.427 e. The molecule has 4 nitrogen and oxygen atoms in total. The average Bonchev–Trinajstić information content (AvgIpc) is 2.59. The predicted octanol–water partition coefficient (Wildman–Crippen LogP) is 2.32. The zero-order chi connectivity index (χ0) is 11.1. The Labute approximate surface area is 91.3 Å². The minimum Gasteiger partial charge on any atom is -0.427 e. The number of hydrogen-bond acceptors (Lipinski definition) is 4. The van der Waals surface area contributed by atoms with Gasteiger partial charge in [-0.3, -0.25) is 0 Å². The van der Waals surface area contributed by atoms with Crippen LogP contribution in [0.15, 0.2) is 27.8 Å². The molecule has 80 valence electrons. The minimum absolute atomic E-state index is 0.444. The van der Waals surface area contributed by atoms with E-state index in [1.807, 2.05) is 13.0 Å². The minimum atomic E-state index is -3.90. The Balaban J connectivity index is 2.76. The van der Waals surface area contributed by atoms with E-state index in [0.717, 1.165) is 12.0 Å². The van der Waals surface area contributed by atoms with Gasteiger partial charge in [0.2, 0.25) is 0 Å². The molecule has 1 aromatic heterocycles. The van der Waals surface area contributed by atoms with E-state index in [-0.39, 0.29) is 0 Å². The maximum Gasteiger partial charge on any atom is 0.332 e. The van der Waals surface area contributed by atoms with Gasteiger partial charge in [0.1, 0.15) is 5.52 Å². The molecule has 0 saturated heterocycles. The topological polar surface area (TPSA) is 60.2 Å². The van der Waals surface area contributed by atoms with Gasteiger partial charge in [-0.1, -0.05) is 19.1 Å². The second-order valence-electron chi connectivity index (χ2n) is 3.04. The van der Waals surface area contributed by atoms with Crippen molar-refractivity contribution in [2.24, 2.45) is 0 Å². The van der Waals surface area contributed by atoms with E-state index in [9.17, 15) is 8.42 Å². The number of aryl methyl sites for hydroxylation is 1. The van der Waals surface area contributed by atoms with Crippen molar-refractivity contribution in [3.05, 3.63) is 23.8 Å². The third kappa shape index (κ3) is 1.85. The van der Waals surface area contributed by atoms with Crippen molar-refractivity contribution < 1.29 is 12.8 Å². The van der Waals surface area contributed by atoms with Crippen LogP contribution in [-0.4, -0.2) is 13.4 Å². The van der Waals surface area contributed by atoms with Crippen LogP contribution in [0.5, 0.6) is 0 Å². The Morgan fingerprint density at radius 1 is 1.47 bits per heavy atom. The van der Waals surface area contributed by atoms with Gasteiger partial charge in [-0.2, -0.15) is 4.98 Å². The van der Waals surface area contributed by atoms with Crippen molar-refractivity contribution in [2.75, 3.05) is 0 Å². The number of rotatable bonds is 2. The van der Waals surface area contributed by atoms with Crippen LogP contribution in [0.2, 0.25) is 0 Å². The van der Waals surface area contributed by atoms with Crippen molar-refractivity contribution in [3.63, 3.8) is 0 Å². The molecule has 1 heterocycles. The summed E-state index contributed by atoms with van der Waals surface area (Å²) in [5, 5.41) is -0.444. The number of fused-ring (bicyclic) bond motifs is 1. The zero-order valence-corrected chi connectivity index (χ0v) is 9.47. The molecule has 2 aromatic rings. The molecule has 0 spiro atoms. The molecule has 0 N–H and O–H groups in total. The maximum atomic E-state index is 11.0. The maximum absolute atomic E-state index is 11.0. The second-order valence-corrected chi connectivity index (χ2v) is 5.48. The number of benzene rings is 1. The molecular weight excluding hydrogens is 238 g/mol.